The van der Waals surface area contributed by atoms with E-state index in [4.69, 9.17) is 0 Å². The molecule has 0 aliphatic heterocycles. The van der Waals surface area contributed by atoms with E-state index in [9.17, 15) is 4.89 Å². The first-order chi connectivity index (χ1) is 7.77. The first-order valence-electron chi connectivity index (χ1n) is 4.98. The highest BCUT2D eigenvalue weighted by Crippen LogP contribution is 2.39. The summed E-state index contributed by atoms with van der Waals surface area (Å²) in [4.78, 5) is 10.7. The van der Waals surface area contributed by atoms with Crippen LogP contribution in [-0.4, -0.2) is 10.0 Å². The monoisotopic (exact) mass is 248 g/mol. The van der Waals surface area contributed by atoms with Crippen LogP contribution >= 0.6 is 19.7 Å². The van der Waals surface area contributed by atoms with Gasteiger partial charge in [-0.05, 0) is 5.13 Å². The second kappa shape index (κ2) is 4.92. The summed E-state index contributed by atoms with van der Waals surface area (Å²) < 4.78 is 0. The molecule has 0 aliphatic rings. The molecule has 0 spiro atoms. The molecule has 0 aromatic heterocycles. The Hall–Kier alpha value is -0.950. The molecule has 0 unspecified atom stereocenters. The van der Waals surface area contributed by atoms with Gasteiger partial charge in [0.2, 0.25) is 0 Å². The van der Waals surface area contributed by atoms with Crippen LogP contribution in [0, 0.1) is 0 Å². The first kappa shape index (κ1) is 11.5. The maximum atomic E-state index is 10.7. The van der Waals surface area contributed by atoms with Crippen LogP contribution in [0.1, 0.15) is 0 Å². The Labute approximate surface area is 101 Å². The SMILES string of the molecule is OP(=CS)(c1ccccc1)c1ccccc1. The van der Waals surface area contributed by atoms with E-state index in [-0.39, 0.29) is 0 Å². The van der Waals surface area contributed by atoms with Crippen LogP contribution in [-0.2, 0) is 0 Å². The lowest BCUT2D eigenvalue weighted by Crippen LogP contribution is -2.16. The van der Waals surface area contributed by atoms with E-state index in [2.05, 4.69) is 12.6 Å². The van der Waals surface area contributed by atoms with Crippen LogP contribution in [0.25, 0.3) is 0 Å². The van der Waals surface area contributed by atoms with Crippen LogP contribution in [0.3, 0.4) is 0 Å². The molecule has 2 aromatic carbocycles. The van der Waals surface area contributed by atoms with Gasteiger partial charge in [0.05, 0.1) is 7.11 Å². The van der Waals surface area contributed by atoms with Gasteiger partial charge < -0.3 is 4.89 Å². The van der Waals surface area contributed by atoms with Crippen molar-refractivity contribution >= 4 is 35.5 Å². The second-order valence-corrected chi connectivity index (χ2v) is 6.80. The minimum absolute atomic E-state index is 0.927. The summed E-state index contributed by atoms with van der Waals surface area (Å²) in [6, 6.07) is 19.4. The molecule has 0 fully saturated rings. The van der Waals surface area contributed by atoms with E-state index >= 15 is 0 Å². The highest BCUT2D eigenvalue weighted by Gasteiger charge is 2.17. The lowest BCUT2D eigenvalue weighted by molar-refractivity contribution is 0.641. The summed E-state index contributed by atoms with van der Waals surface area (Å²) >= 11 is 4.20. The highest BCUT2D eigenvalue weighted by molar-refractivity contribution is 8.08. The van der Waals surface area contributed by atoms with Crippen molar-refractivity contribution in [1.29, 1.82) is 0 Å². The Morgan fingerprint density at radius 1 is 0.812 bits per heavy atom. The van der Waals surface area contributed by atoms with Gasteiger partial charge in [-0.25, -0.2) is 0 Å². The summed E-state index contributed by atoms with van der Waals surface area (Å²) in [6.07, 6.45) is 0. The van der Waals surface area contributed by atoms with Crippen molar-refractivity contribution in [2.75, 3.05) is 0 Å². The summed E-state index contributed by atoms with van der Waals surface area (Å²) in [5.74, 6) is 0. The molecule has 2 rings (SSSR count). The molecule has 0 aliphatic carbocycles. The Bertz CT molecular complexity index is 464. The topological polar surface area (TPSA) is 20.2 Å². The van der Waals surface area contributed by atoms with E-state index in [1.54, 1.807) is 5.13 Å². The number of benzene rings is 2. The fourth-order valence-electron chi connectivity index (χ4n) is 1.59. The van der Waals surface area contributed by atoms with Gasteiger partial charge in [-0.1, -0.05) is 60.7 Å². The van der Waals surface area contributed by atoms with Gasteiger partial charge in [-0.15, -0.1) is 12.6 Å². The molecule has 0 radical (unpaired) electrons. The van der Waals surface area contributed by atoms with Crippen LogP contribution in [0.15, 0.2) is 60.7 Å². The van der Waals surface area contributed by atoms with Crippen LogP contribution in [0.5, 0.6) is 0 Å². The largest absolute Gasteiger partial charge is 0.367 e. The Kier molecular flexibility index (Phi) is 3.55. The molecule has 16 heavy (non-hydrogen) atoms. The van der Waals surface area contributed by atoms with Crippen molar-refractivity contribution < 1.29 is 4.89 Å². The number of hydrogen-bond donors (Lipinski definition) is 2. The first-order valence-corrected chi connectivity index (χ1v) is 7.31. The molecule has 0 saturated heterocycles. The van der Waals surface area contributed by atoms with Crippen LogP contribution in [0.2, 0.25) is 0 Å². The van der Waals surface area contributed by atoms with Gasteiger partial charge in [0.15, 0.2) is 0 Å². The van der Waals surface area contributed by atoms with Gasteiger partial charge in [0.25, 0.3) is 0 Å². The number of rotatable bonds is 2. The van der Waals surface area contributed by atoms with Crippen molar-refractivity contribution in [1.82, 2.24) is 0 Å². The molecule has 3 heteroatoms. The standard InChI is InChI=1S/C13H13OPS/c14-15(11-16,12-7-3-1-4-8-12)13-9-5-2-6-10-13/h1-11,14,16H. The minimum Gasteiger partial charge on any atom is -0.367 e. The van der Waals surface area contributed by atoms with Crippen molar-refractivity contribution in [3.05, 3.63) is 60.7 Å². The summed E-state index contributed by atoms with van der Waals surface area (Å²) in [7, 11) is -2.42. The van der Waals surface area contributed by atoms with E-state index in [1.165, 1.54) is 0 Å². The third-order valence-electron chi connectivity index (χ3n) is 2.47. The molecule has 2 aromatic rings. The lowest BCUT2D eigenvalue weighted by atomic mass is 10.4. The molecule has 0 heterocycles. The van der Waals surface area contributed by atoms with Gasteiger partial charge in [-0.2, -0.15) is 0 Å². The Balaban J connectivity index is 2.59. The average molecular weight is 248 g/mol. The molecule has 0 bridgehead atoms. The molecule has 1 N–H and O–H groups in total. The van der Waals surface area contributed by atoms with Gasteiger partial charge in [0, 0.05) is 10.6 Å². The number of thiol groups is 1. The van der Waals surface area contributed by atoms with Crippen LogP contribution < -0.4 is 10.6 Å². The average Bonchev–Trinajstić information content (AvgIpc) is 2.40. The zero-order chi connectivity index (χ0) is 11.4. The summed E-state index contributed by atoms with van der Waals surface area (Å²) in [5.41, 5.74) is 0. The van der Waals surface area contributed by atoms with E-state index in [1.807, 2.05) is 60.7 Å². The summed E-state index contributed by atoms with van der Waals surface area (Å²) in [5, 5.41) is 3.48. The molecule has 1 nitrogen and oxygen atoms in total. The predicted molar refractivity (Wildman–Crippen MR) is 76.3 cm³/mol. The zero-order valence-corrected chi connectivity index (χ0v) is 10.5. The molecule has 0 amide bonds. The smallest absolute Gasteiger partial charge is 0.0655 e. The van der Waals surface area contributed by atoms with Gasteiger partial charge in [-0.3, -0.25) is 0 Å². The van der Waals surface area contributed by atoms with E-state index < -0.39 is 7.11 Å². The molecule has 0 atom stereocenters. The maximum Gasteiger partial charge on any atom is 0.0655 e. The van der Waals surface area contributed by atoms with Gasteiger partial charge in [0.1, 0.15) is 0 Å². The van der Waals surface area contributed by atoms with E-state index in [0.29, 0.717) is 0 Å². The minimum atomic E-state index is -2.42. The lowest BCUT2D eigenvalue weighted by Gasteiger charge is -2.19. The fourth-order valence-corrected chi connectivity index (χ4v) is 4.21. The van der Waals surface area contributed by atoms with Crippen molar-refractivity contribution in [2.24, 2.45) is 0 Å². The maximum absolute atomic E-state index is 10.7. The molecular formula is C13H13OPS. The van der Waals surface area contributed by atoms with Crippen molar-refractivity contribution in [2.45, 2.75) is 0 Å². The van der Waals surface area contributed by atoms with Crippen molar-refractivity contribution in [3.8, 4) is 0 Å². The zero-order valence-electron chi connectivity index (χ0n) is 8.69. The van der Waals surface area contributed by atoms with Crippen molar-refractivity contribution in [3.63, 3.8) is 0 Å². The highest BCUT2D eigenvalue weighted by atomic mass is 32.1. The second-order valence-electron chi connectivity index (χ2n) is 3.47. The quantitative estimate of drug-likeness (QED) is 0.617. The normalized spacial score (nSPS) is 11.1. The number of hydrogen-bond acceptors (Lipinski definition) is 1. The Morgan fingerprint density at radius 3 is 1.50 bits per heavy atom. The van der Waals surface area contributed by atoms with Crippen LogP contribution in [0.4, 0.5) is 0 Å². The van der Waals surface area contributed by atoms with Gasteiger partial charge >= 0.3 is 0 Å². The van der Waals surface area contributed by atoms with E-state index in [0.717, 1.165) is 10.6 Å². The Morgan fingerprint density at radius 2 is 1.19 bits per heavy atom. The fraction of sp³-hybridized carbons (Fsp3) is 0. The third kappa shape index (κ3) is 2.10. The molecule has 82 valence electrons. The summed E-state index contributed by atoms with van der Waals surface area (Å²) in [6.45, 7) is 0. The third-order valence-corrected chi connectivity index (χ3v) is 5.97. The predicted octanol–water partition coefficient (Wildman–Crippen LogP) is 2.25. The molecule has 0 saturated carbocycles. The molecular weight excluding hydrogens is 235 g/mol.